The maximum atomic E-state index is 13.5. The van der Waals surface area contributed by atoms with Gasteiger partial charge >= 0.3 is 0 Å². The van der Waals surface area contributed by atoms with Crippen LogP contribution in [0.25, 0.3) is 0 Å². The lowest BCUT2D eigenvalue weighted by molar-refractivity contribution is 0.573. The number of nitrogens with two attached hydrogens (primary N) is 1. The molecule has 0 radical (unpaired) electrons. The lowest BCUT2D eigenvalue weighted by atomic mass is 10.1. The molecule has 0 saturated carbocycles. The topological polar surface area (TPSA) is 51.8 Å². The fraction of sp³-hybridized carbons (Fsp3) is 0.273. The summed E-state index contributed by atoms with van der Waals surface area (Å²) < 4.78 is 28.2. The third-order valence-corrected chi connectivity index (χ3v) is 5.46. The van der Waals surface area contributed by atoms with Gasteiger partial charge in [0.25, 0.3) is 0 Å². The summed E-state index contributed by atoms with van der Waals surface area (Å²) in [5.41, 5.74) is 6.06. The zero-order chi connectivity index (χ0) is 13.8. The van der Waals surface area contributed by atoms with Gasteiger partial charge in [0.2, 0.25) is 0 Å². The molecule has 0 fully saturated rings. The molecule has 19 heavy (non-hydrogen) atoms. The minimum atomic E-state index is -0.581. The molecule has 0 spiro atoms. The second-order valence-electron chi connectivity index (χ2n) is 3.62. The molecule has 0 aliphatic carbocycles. The minimum Gasteiger partial charge on any atom is -0.323 e. The second-order valence-corrected chi connectivity index (χ2v) is 6.92. The summed E-state index contributed by atoms with van der Waals surface area (Å²) in [6, 6.07) is 2.72. The Morgan fingerprint density at radius 1 is 1.32 bits per heavy atom. The van der Waals surface area contributed by atoms with Crippen LogP contribution in [0.1, 0.15) is 11.6 Å². The summed E-state index contributed by atoms with van der Waals surface area (Å²) in [6.45, 7) is 0. The van der Waals surface area contributed by atoms with Gasteiger partial charge in [0, 0.05) is 17.4 Å². The smallest absolute Gasteiger partial charge is 0.175 e. The number of halogens is 2. The van der Waals surface area contributed by atoms with Crippen molar-refractivity contribution in [1.82, 2.24) is 10.2 Å². The fourth-order valence-electron chi connectivity index (χ4n) is 1.39. The SMILES string of the molecule is CSc1nnc(SCC(N)c2cc(F)ccc2F)s1. The van der Waals surface area contributed by atoms with E-state index in [1.165, 1.54) is 34.9 Å². The van der Waals surface area contributed by atoms with Crippen molar-refractivity contribution in [2.24, 2.45) is 5.73 Å². The number of thioether (sulfide) groups is 2. The second kappa shape index (κ2) is 6.65. The van der Waals surface area contributed by atoms with Crippen LogP contribution in [-0.2, 0) is 0 Å². The van der Waals surface area contributed by atoms with E-state index in [1.54, 1.807) is 0 Å². The van der Waals surface area contributed by atoms with Crippen LogP contribution in [0.2, 0.25) is 0 Å². The maximum absolute atomic E-state index is 13.5. The van der Waals surface area contributed by atoms with Crippen molar-refractivity contribution < 1.29 is 8.78 Å². The predicted octanol–water partition coefficient (Wildman–Crippen LogP) is 3.33. The van der Waals surface area contributed by atoms with Gasteiger partial charge in [-0.05, 0) is 24.5 Å². The molecule has 1 heterocycles. The highest BCUT2D eigenvalue weighted by molar-refractivity contribution is 8.02. The van der Waals surface area contributed by atoms with Gasteiger partial charge in [0.1, 0.15) is 11.6 Å². The van der Waals surface area contributed by atoms with Crippen LogP contribution in [0.15, 0.2) is 26.9 Å². The molecule has 2 N–H and O–H groups in total. The van der Waals surface area contributed by atoms with Gasteiger partial charge in [-0.1, -0.05) is 34.9 Å². The van der Waals surface area contributed by atoms with E-state index < -0.39 is 17.7 Å². The molecular weight excluding hydrogens is 308 g/mol. The molecule has 0 bridgehead atoms. The first-order valence-electron chi connectivity index (χ1n) is 5.31. The first-order chi connectivity index (χ1) is 9.10. The first-order valence-corrected chi connectivity index (χ1v) is 8.33. The van der Waals surface area contributed by atoms with E-state index in [4.69, 9.17) is 5.73 Å². The van der Waals surface area contributed by atoms with E-state index in [0.717, 1.165) is 26.9 Å². The third-order valence-electron chi connectivity index (χ3n) is 2.31. The summed E-state index contributed by atoms with van der Waals surface area (Å²) >= 11 is 4.36. The van der Waals surface area contributed by atoms with Crippen molar-refractivity contribution in [3.8, 4) is 0 Å². The van der Waals surface area contributed by atoms with Gasteiger partial charge in [-0.3, -0.25) is 0 Å². The van der Waals surface area contributed by atoms with Crippen molar-refractivity contribution >= 4 is 34.9 Å². The summed E-state index contributed by atoms with van der Waals surface area (Å²) in [5, 5.41) is 7.93. The first kappa shape index (κ1) is 14.7. The Morgan fingerprint density at radius 2 is 2.05 bits per heavy atom. The molecule has 1 aromatic heterocycles. The van der Waals surface area contributed by atoms with Crippen LogP contribution in [0.4, 0.5) is 8.78 Å². The molecule has 2 aromatic rings. The number of rotatable bonds is 5. The molecule has 1 aromatic carbocycles. The van der Waals surface area contributed by atoms with E-state index in [0.29, 0.717) is 5.75 Å². The number of aromatic nitrogens is 2. The van der Waals surface area contributed by atoms with E-state index in [-0.39, 0.29) is 5.56 Å². The predicted molar refractivity (Wildman–Crippen MR) is 75.7 cm³/mol. The summed E-state index contributed by atoms with van der Waals surface area (Å²) in [7, 11) is 0. The van der Waals surface area contributed by atoms with Gasteiger partial charge < -0.3 is 5.73 Å². The van der Waals surface area contributed by atoms with E-state index in [9.17, 15) is 8.78 Å². The zero-order valence-electron chi connectivity index (χ0n) is 9.97. The van der Waals surface area contributed by atoms with Gasteiger partial charge in [-0.15, -0.1) is 10.2 Å². The van der Waals surface area contributed by atoms with Gasteiger partial charge in [0.05, 0.1) is 0 Å². The lowest BCUT2D eigenvalue weighted by Crippen LogP contribution is -2.15. The fourth-order valence-corrected chi connectivity index (χ4v) is 3.83. The Bertz CT molecular complexity index is 562. The molecule has 0 amide bonds. The Kier molecular flexibility index (Phi) is 5.14. The average Bonchev–Trinajstić information content (AvgIpc) is 2.87. The molecule has 0 saturated heterocycles. The van der Waals surface area contributed by atoms with Crippen molar-refractivity contribution in [3.05, 3.63) is 35.4 Å². The Hall–Kier alpha value is -0.700. The minimum absolute atomic E-state index is 0.183. The summed E-state index contributed by atoms with van der Waals surface area (Å²) in [6.07, 6.45) is 1.92. The quantitative estimate of drug-likeness (QED) is 0.857. The number of hydrogen-bond acceptors (Lipinski definition) is 6. The van der Waals surface area contributed by atoms with Gasteiger partial charge in [0.15, 0.2) is 8.68 Å². The third kappa shape index (κ3) is 3.88. The standard InChI is InChI=1S/C11H11F2N3S3/c1-17-10-15-16-11(19-10)18-5-9(14)7-4-6(12)2-3-8(7)13/h2-4,9H,5,14H2,1H3. The Balaban J connectivity index is 2.00. The molecular formula is C11H11F2N3S3. The Morgan fingerprint density at radius 3 is 2.74 bits per heavy atom. The lowest BCUT2D eigenvalue weighted by Gasteiger charge is -2.11. The summed E-state index contributed by atoms with van der Waals surface area (Å²) in [5.74, 6) is -0.558. The molecule has 1 unspecified atom stereocenters. The highest BCUT2D eigenvalue weighted by atomic mass is 32.2. The van der Waals surface area contributed by atoms with E-state index in [2.05, 4.69) is 10.2 Å². The van der Waals surface area contributed by atoms with Gasteiger partial charge in [-0.25, -0.2) is 8.78 Å². The number of nitrogens with zero attached hydrogens (tertiary/aromatic N) is 2. The van der Waals surface area contributed by atoms with Crippen molar-refractivity contribution in [3.63, 3.8) is 0 Å². The molecule has 102 valence electrons. The summed E-state index contributed by atoms with van der Waals surface area (Å²) in [4.78, 5) is 0. The van der Waals surface area contributed by atoms with Crippen LogP contribution < -0.4 is 5.73 Å². The highest BCUT2D eigenvalue weighted by Crippen LogP contribution is 2.30. The molecule has 8 heteroatoms. The van der Waals surface area contributed by atoms with Crippen molar-refractivity contribution in [2.75, 3.05) is 12.0 Å². The van der Waals surface area contributed by atoms with Crippen LogP contribution in [-0.4, -0.2) is 22.2 Å². The number of benzene rings is 1. The monoisotopic (exact) mass is 319 g/mol. The Labute approximate surface area is 122 Å². The van der Waals surface area contributed by atoms with Crippen LogP contribution >= 0.6 is 34.9 Å². The van der Waals surface area contributed by atoms with E-state index in [1.807, 2.05) is 6.26 Å². The highest BCUT2D eigenvalue weighted by Gasteiger charge is 2.14. The molecule has 0 aliphatic heterocycles. The average molecular weight is 319 g/mol. The van der Waals surface area contributed by atoms with Gasteiger partial charge in [-0.2, -0.15) is 0 Å². The van der Waals surface area contributed by atoms with Crippen molar-refractivity contribution in [2.45, 2.75) is 14.7 Å². The molecule has 1 atom stereocenters. The molecule has 0 aliphatic rings. The molecule has 2 rings (SSSR count). The zero-order valence-corrected chi connectivity index (χ0v) is 12.4. The molecule has 3 nitrogen and oxygen atoms in total. The van der Waals surface area contributed by atoms with E-state index >= 15 is 0 Å². The number of hydrogen-bond donors (Lipinski definition) is 1. The van der Waals surface area contributed by atoms with Crippen LogP contribution in [0.3, 0.4) is 0 Å². The van der Waals surface area contributed by atoms with Crippen LogP contribution in [0, 0.1) is 11.6 Å². The normalized spacial score (nSPS) is 12.6. The van der Waals surface area contributed by atoms with Crippen LogP contribution in [0.5, 0.6) is 0 Å². The largest absolute Gasteiger partial charge is 0.323 e. The maximum Gasteiger partial charge on any atom is 0.175 e. The van der Waals surface area contributed by atoms with Crippen molar-refractivity contribution in [1.29, 1.82) is 0 Å².